The molecule has 0 saturated heterocycles. The van der Waals surface area contributed by atoms with E-state index in [2.05, 4.69) is 31.2 Å². The van der Waals surface area contributed by atoms with Crippen molar-refractivity contribution in [1.29, 1.82) is 0 Å². The normalized spacial score (nSPS) is 11.5. The van der Waals surface area contributed by atoms with E-state index in [1.165, 1.54) is 4.90 Å². The average Bonchev–Trinajstić information content (AvgIpc) is 3.04. The number of para-hydroxylation sites is 1. The van der Waals surface area contributed by atoms with Crippen LogP contribution < -0.4 is 5.32 Å². The summed E-state index contributed by atoms with van der Waals surface area (Å²) < 4.78 is 1.64. The summed E-state index contributed by atoms with van der Waals surface area (Å²) in [7, 11) is 3.35. The number of aromatic nitrogens is 2. The standard InChI is InChI=1S/C22H32ClN5O2/c1-15(2)13-27(21(30)26(6)7)14-20(29)24-19-12-18(22(3,4)5)25-28(19)17-11-9-8-10-16(17)23/h8-12,15H,13-14H2,1-7H3,(H,24,29). The van der Waals surface area contributed by atoms with E-state index in [1.807, 2.05) is 38.1 Å². The molecule has 2 rings (SSSR count). The Hall–Kier alpha value is -2.54. The number of amides is 3. The molecule has 0 spiro atoms. The lowest BCUT2D eigenvalue weighted by Crippen LogP contribution is -2.45. The Bertz CT molecular complexity index is 899. The van der Waals surface area contributed by atoms with Crippen molar-refractivity contribution in [3.05, 3.63) is 41.0 Å². The Morgan fingerprint density at radius 2 is 1.83 bits per heavy atom. The number of anilines is 1. The number of hydrogen-bond acceptors (Lipinski definition) is 3. The lowest BCUT2D eigenvalue weighted by molar-refractivity contribution is -0.117. The molecule has 0 aliphatic rings. The van der Waals surface area contributed by atoms with E-state index in [1.54, 1.807) is 29.7 Å². The van der Waals surface area contributed by atoms with Crippen molar-refractivity contribution in [1.82, 2.24) is 19.6 Å². The molecule has 0 radical (unpaired) electrons. The highest BCUT2D eigenvalue weighted by Crippen LogP contribution is 2.29. The number of urea groups is 1. The maximum Gasteiger partial charge on any atom is 0.319 e. The summed E-state index contributed by atoms with van der Waals surface area (Å²) in [6.07, 6.45) is 0. The zero-order valence-corrected chi connectivity index (χ0v) is 19.6. The molecule has 7 nitrogen and oxygen atoms in total. The van der Waals surface area contributed by atoms with E-state index in [-0.39, 0.29) is 29.8 Å². The highest BCUT2D eigenvalue weighted by molar-refractivity contribution is 6.32. The van der Waals surface area contributed by atoms with Gasteiger partial charge in [-0.05, 0) is 18.1 Å². The molecule has 8 heteroatoms. The van der Waals surface area contributed by atoms with Crippen LogP contribution in [0.4, 0.5) is 10.6 Å². The minimum Gasteiger partial charge on any atom is -0.331 e. The number of halogens is 1. The molecule has 0 aliphatic carbocycles. The van der Waals surface area contributed by atoms with Gasteiger partial charge in [0.25, 0.3) is 0 Å². The van der Waals surface area contributed by atoms with Gasteiger partial charge in [0.2, 0.25) is 5.91 Å². The van der Waals surface area contributed by atoms with Crippen molar-refractivity contribution in [2.45, 2.75) is 40.0 Å². The van der Waals surface area contributed by atoms with Crippen LogP contribution in [0.25, 0.3) is 5.69 Å². The largest absolute Gasteiger partial charge is 0.331 e. The van der Waals surface area contributed by atoms with Gasteiger partial charge in [-0.15, -0.1) is 0 Å². The molecule has 3 amide bonds. The van der Waals surface area contributed by atoms with Crippen molar-refractivity contribution in [2.24, 2.45) is 5.92 Å². The van der Waals surface area contributed by atoms with Gasteiger partial charge in [-0.2, -0.15) is 5.10 Å². The molecule has 1 aromatic heterocycles. The van der Waals surface area contributed by atoms with Crippen LogP contribution in [0, 0.1) is 5.92 Å². The molecule has 0 aliphatic heterocycles. The summed E-state index contributed by atoms with van der Waals surface area (Å²) >= 11 is 6.38. The van der Waals surface area contributed by atoms with Gasteiger partial charge in [-0.3, -0.25) is 4.79 Å². The maximum absolute atomic E-state index is 12.9. The van der Waals surface area contributed by atoms with E-state index in [0.717, 1.165) is 5.69 Å². The quantitative estimate of drug-likeness (QED) is 0.733. The van der Waals surface area contributed by atoms with E-state index in [4.69, 9.17) is 11.6 Å². The second kappa shape index (κ2) is 9.51. The number of benzene rings is 1. The molecule has 0 saturated carbocycles. The van der Waals surface area contributed by atoms with E-state index in [0.29, 0.717) is 23.1 Å². The van der Waals surface area contributed by atoms with Gasteiger partial charge in [-0.25, -0.2) is 9.48 Å². The average molecular weight is 434 g/mol. The molecule has 1 heterocycles. The first kappa shape index (κ1) is 23.7. The highest BCUT2D eigenvalue weighted by Gasteiger charge is 2.24. The molecule has 1 N–H and O–H groups in total. The second-order valence-electron chi connectivity index (χ2n) is 9.03. The van der Waals surface area contributed by atoms with Crippen LogP contribution in [0.2, 0.25) is 5.02 Å². The van der Waals surface area contributed by atoms with Gasteiger partial charge < -0.3 is 15.1 Å². The Labute approximate surface area is 184 Å². The number of rotatable bonds is 6. The molecule has 30 heavy (non-hydrogen) atoms. The summed E-state index contributed by atoms with van der Waals surface area (Å²) in [6, 6.07) is 8.98. The molecular weight excluding hydrogens is 402 g/mol. The van der Waals surface area contributed by atoms with Gasteiger partial charge in [0, 0.05) is 32.1 Å². The number of nitrogens with one attached hydrogen (secondary N) is 1. The molecule has 2 aromatic rings. The minimum absolute atomic E-state index is 0.0479. The summed E-state index contributed by atoms with van der Waals surface area (Å²) in [6.45, 7) is 10.6. The first-order valence-electron chi connectivity index (χ1n) is 10.0. The lowest BCUT2D eigenvalue weighted by atomic mass is 9.92. The highest BCUT2D eigenvalue weighted by atomic mass is 35.5. The van der Waals surface area contributed by atoms with Gasteiger partial charge in [0.15, 0.2) is 0 Å². The first-order chi connectivity index (χ1) is 13.9. The van der Waals surface area contributed by atoms with Crippen molar-refractivity contribution < 1.29 is 9.59 Å². The third-order valence-corrected chi connectivity index (χ3v) is 4.72. The Kier molecular flexibility index (Phi) is 7.53. The fraction of sp³-hybridized carbons (Fsp3) is 0.500. The van der Waals surface area contributed by atoms with Crippen molar-refractivity contribution in [3.63, 3.8) is 0 Å². The smallest absolute Gasteiger partial charge is 0.319 e. The molecule has 0 atom stereocenters. The van der Waals surface area contributed by atoms with Crippen LogP contribution in [0.3, 0.4) is 0 Å². The molecular formula is C22H32ClN5O2. The zero-order chi connectivity index (χ0) is 22.6. The molecule has 0 fully saturated rings. The summed E-state index contributed by atoms with van der Waals surface area (Å²) in [5.41, 5.74) is 1.28. The van der Waals surface area contributed by atoms with Gasteiger partial charge in [0.05, 0.1) is 16.4 Å². The van der Waals surface area contributed by atoms with Crippen LogP contribution >= 0.6 is 11.6 Å². The van der Waals surface area contributed by atoms with Gasteiger partial charge in [-0.1, -0.05) is 58.4 Å². The molecule has 0 unspecified atom stereocenters. The number of carbonyl (C=O) groups excluding carboxylic acids is 2. The van der Waals surface area contributed by atoms with Crippen molar-refractivity contribution >= 4 is 29.4 Å². The number of carbonyl (C=O) groups is 2. The van der Waals surface area contributed by atoms with E-state index >= 15 is 0 Å². The number of nitrogens with zero attached hydrogens (tertiary/aromatic N) is 4. The monoisotopic (exact) mass is 433 g/mol. The Balaban J connectivity index is 2.34. The first-order valence-corrected chi connectivity index (χ1v) is 10.4. The zero-order valence-electron chi connectivity index (χ0n) is 18.9. The van der Waals surface area contributed by atoms with Gasteiger partial charge >= 0.3 is 6.03 Å². The third kappa shape index (κ3) is 5.98. The lowest BCUT2D eigenvalue weighted by Gasteiger charge is -2.27. The predicted molar refractivity (Wildman–Crippen MR) is 121 cm³/mol. The summed E-state index contributed by atoms with van der Waals surface area (Å²) in [5, 5.41) is 8.13. The molecule has 1 aromatic carbocycles. The molecule has 164 valence electrons. The molecule has 0 bridgehead atoms. The van der Waals surface area contributed by atoms with Gasteiger partial charge in [0.1, 0.15) is 12.4 Å². The SMILES string of the molecule is CC(C)CN(CC(=O)Nc1cc(C(C)(C)C)nn1-c1ccccc1Cl)C(=O)N(C)C. The van der Waals surface area contributed by atoms with Crippen LogP contribution in [-0.2, 0) is 10.2 Å². The summed E-state index contributed by atoms with van der Waals surface area (Å²) in [4.78, 5) is 28.3. The minimum atomic E-state index is -0.292. The van der Waals surface area contributed by atoms with E-state index in [9.17, 15) is 9.59 Å². The predicted octanol–water partition coefficient (Wildman–Crippen LogP) is 4.40. The van der Waals surface area contributed by atoms with Crippen molar-refractivity contribution in [3.8, 4) is 5.69 Å². The van der Waals surface area contributed by atoms with Crippen LogP contribution in [-0.4, -0.2) is 58.7 Å². The van der Waals surface area contributed by atoms with Crippen LogP contribution in [0.5, 0.6) is 0 Å². The summed E-state index contributed by atoms with van der Waals surface area (Å²) in [5.74, 6) is 0.460. The van der Waals surface area contributed by atoms with Crippen LogP contribution in [0.1, 0.15) is 40.3 Å². The van der Waals surface area contributed by atoms with E-state index < -0.39 is 0 Å². The second-order valence-corrected chi connectivity index (χ2v) is 9.43. The fourth-order valence-electron chi connectivity index (χ4n) is 2.93. The fourth-order valence-corrected chi connectivity index (χ4v) is 3.15. The third-order valence-electron chi connectivity index (χ3n) is 4.40. The van der Waals surface area contributed by atoms with Crippen LogP contribution in [0.15, 0.2) is 30.3 Å². The Morgan fingerprint density at radius 3 is 2.37 bits per heavy atom. The van der Waals surface area contributed by atoms with Crippen molar-refractivity contribution in [2.75, 3.05) is 32.5 Å². The Morgan fingerprint density at radius 1 is 1.20 bits per heavy atom. The number of hydrogen-bond donors (Lipinski definition) is 1. The topological polar surface area (TPSA) is 70.5 Å². The maximum atomic E-state index is 12.9.